The fraction of sp³-hybridized carbons (Fsp3) is 0.300. The fourth-order valence-electron chi connectivity index (χ4n) is 5.58. The van der Waals surface area contributed by atoms with Gasteiger partial charge in [0.2, 0.25) is 0 Å². The number of fused-ring (bicyclic) bond motifs is 3. The number of aromatic nitrogens is 1. The lowest BCUT2D eigenvalue weighted by molar-refractivity contribution is 0.0470. The Bertz CT molecular complexity index is 1300. The summed E-state index contributed by atoms with van der Waals surface area (Å²) in [6.45, 7) is 2.74. The Kier molecular flexibility index (Phi) is 6.43. The average molecular weight is 484 g/mol. The molecular formula is C30H30ClN3O. The lowest BCUT2D eigenvalue weighted by atomic mass is 9.89. The van der Waals surface area contributed by atoms with Gasteiger partial charge in [-0.25, -0.2) is 4.99 Å². The predicted octanol–water partition coefficient (Wildman–Crippen LogP) is 6.99. The van der Waals surface area contributed by atoms with Crippen LogP contribution in [0, 0.1) is 5.92 Å². The van der Waals surface area contributed by atoms with Crippen LogP contribution in [0.1, 0.15) is 47.7 Å². The molecule has 3 heterocycles. The molecule has 0 aliphatic carbocycles. The highest BCUT2D eigenvalue weighted by molar-refractivity contribution is 6.32. The van der Waals surface area contributed by atoms with E-state index in [1.807, 2.05) is 18.2 Å². The number of halogens is 1. The molecule has 4 aromatic rings. The second kappa shape index (κ2) is 9.98. The van der Waals surface area contributed by atoms with Crippen molar-refractivity contribution < 1.29 is 4.74 Å². The minimum Gasteiger partial charge on any atom is -0.381 e. The highest BCUT2D eigenvalue weighted by Gasteiger charge is 2.28. The molecule has 0 amide bonds. The average Bonchev–Trinajstić information content (AvgIpc) is 3.28. The number of nitrogens with zero attached hydrogens (tertiary/aromatic N) is 1. The van der Waals surface area contributed by atoms with E-state index in [0.29, 0.717) is 17.0 Å². The Morgan fingerprint density at radius 3 is 2.43 bits per heavy atom. The fourth-order valence-corrected chi connectivity index (χ4v) is 5.79. The first-order valence-electron chi connectivity index (χ1n) is 12.6. The molecule has 4 nitrogen and oxygen atoms in total. The summed E-state index contributed by atoms with van der Waals surface area (Å²) in [5.41, 5.74) is 7.72. The number of hydrogen-bond acceptors (Lipinski definition) is 3. The summed E-state index contributed by atoms with van der Waals surface area (Å²) in [5, 5.41) is 5.66. The van der Waals surface area contributed by atoms with Crippen LogP contribution < -0.4 is 5.32 Å². The third-order valence-electron chi connectivity index (χ3n) is 7.26. The van der Waals surface area contributed by atoms with Crippen LogP contribution in [0.15, 0.2) is 77.8 Å². The molecule has 0 saturated carbocycles. The van der Waals surface area contributed by atoms with Crippen molar-refractivity contribution in [3.63, 3.8) is 0 Å². The number of H-pyrrole nitrogens is 1. The number of nitrogens with one attached hydrogen (secondary N) is 2. The molecule has 0 unspecified atom stereocenters. The van der Waals surface area contributed by atoms with Gasteiger partial charge in [0.05, 0.1) is 16.9 Å². The molecule has 1 fully saturated rings. The SMILES string of the molecule is Clc1cc(N=C(c2ccccc2)c2ccccc2)c2[nH]c3c(c2c1)CCN[C@H]3C[C@@H]1CCCOC1. The lowest BCUT2D eigenvalue weighted by Gasteiger charge is -2.30. The van der Waals surface area contributed by atoms with Gasteiger partial charge in [0.15, 0.2) is 0 Å². The van der Waals surface area contributed by atoms with E-state index < -0.39 is 0 Å². The quantitative estimate of drug-likeness (QED) is 0.300. The maximum Gasteiger partial charge on any atom is 0.0893 e. The monoisotopic (exact) mass is 483 g/mol. The standard InChI is InChI=1S/C30H30ClN3O/c31-23-17-25-24-13-14-32-26(16-20-8-7-15-35-19-20)29(24)34-30(25)27(18-23)33-28(21-9-3-1-4-10-21)22-11-5-2-6-12-22/h1-6,9-12,17-18,20,26,32,34H,7-8,13-16,19H2/t20-,26-/m0/s1. The molecular weight excluding hydrogens is 454 g/mol. The van der Waals surface area contributed by atoms with Gasteiger partial charge in [-0.1, -0.05) is 72.3 Å². The first-order chi connectivity index (χ1) is 17.3. The van der Waals surface area contributed by atoms with Gasteiger partial charge in [-0.3, -0.25) is 0 Å². The Morgan fingerprint density at radius 1 is 1.00 bits per heavy atom. The van der Waals surface area contributed by atoms with Crippen molar-refractivity contribution >= 4 is 33.9 Å². The van der Waals surface area contributed by atoms with Crippen molar-refractivity contribution in [3.05, 3.63) is 100 Å². The molecule has 2 aliphatic heterocycles. The topological polar surface area (TPSA) is 49.4 Å². The first-order valence-corrected chi connectivity index (χ1v) is 13.0. The second-order valence-electron chi connectivity index (χ2n) is 9.63. The van der Waals surface area contributed by atoms with Gasteiger partial charge in [-0.2, -0.15) is 0 Å². The Labute approximate surface area is 211 Å². The molecule has 6 rings (SSSR count). The molecule has 0 spiro atoms. The van der Waals surface area contributed by atoms with Crippen LogP contribution in [0.25, 0.3) is 10.9 Å². The minimum absolute atomic E-state index is 0.302. The van der Waals surface area contributed by atoms with Crippen LogP contribution in [0.4, 0.5) is 5.69 Å². The molecule has 1 saturated heterocycles. The molecule has 2 aliphatic rings. The van der Waals surface area contributed by atoms with Gasteiger partial charge < -0.3 is 15.0 Å². The summed E-state index contributed by atoms with van der Waals surface area (Å²) >= 11 is 6.68. The lowest BCUT2D eigenvalue weighted by Crippen LogP contribution is -2.32. The molecule has 5 heteroatoms. The summed E-state index contributed by atoms with van der Waals surface area (Å²) < 4.78 is 5.76. The van der Waals surface area contributed by atoms with Crippen LogP contribution in [0.5, 0.6) is 0 Å². The number of aromatic amines is 1. The van der Waals surface area contributed by atoms with Crippen molar-refractivity contribution in [2.24, 2.45) is 10.9 Å². The smallest absolute Gasteiger partial charge is 0.0893 e. The maximum absolute atomic E-state index is 6.68. The van der Waals surface area contributed by atoms with Crippen molar-refractivity contribution in [1.29, 1.82) is 0 Å². The van der Waals surface area contributed by atoms with Crippen molar-refractivity contribution in [2.75, 3.05) is 19.8 Å². The summed E-state index contributed by atoms with van der Waals surface area (Å²) in [7, 11) is 0. The Hall–Kier alpha value is -2.92. The molecule has 35 heavy (non-hydrogen) atoms. The van der Waals surface area contributed by atoms with Gasteiger partial charge in [0.25, 0.3) is 0 Å². The number of aliphatic imine (C=N–C) groups is 1. The van der Waals surface area contributed by atoms with E-state index in [9.17, 15) is 0 Å². The Morgan fingerprint density at radius 2 is 1.74 bits per heavy atom. The van der Waals surface area contributed by atoms with E-state index in [-0.39, 0.29) is 0 Å². The van der Waals surface area contributed by atoms with E-state index in [1.54, 1.807) is 0 Å². The normalized spacial score (nSPS) is 19.9. The highest BCUT2D eigenvalue weighted by atomic mass is 35.5. The molecule has 2 atom stereocenters. The number of rotatable bonds is 5. The number of ether oxygens (including phenoxy) is 1. The Balaban J connectivity index is 1.46. The van der Waals surface area contributed by atoms with Crippen molar-refractivity contribution in [3.8, 4) is 0 Å². The van der Waals surface area contributed by atoms with Crippen molar-refractivity contribution in [2.45, 2.75) is 31.7 Å². The van der Waals surface area contributed by atoms with E-state index in [2.05, 4.69) is 64.9 Å². The zero-order valence-corrected chi connectivity index (χ0v) is 20.5. The zero-order valence-electron chi connectivity index (χ0n) is 19.8. The van der Waals surface area contributed by atoms with Gasteiger partial charge in [0, 0.05) is 46.5 Å². The van der Waals surface area contributed by atoms with E-state index >= 15 is 0 Å². The number of benzene rings is 3. The third kappa shape index (κ3) is 4.66. The van der Waals surface area contributed by atoms with Crippen LogP contribution in [0.2, 0.25) is 5.02 Å². The van der Waals surface area contributed by atoms with Crippen molar-refractivity contribution in [1.82, 2.24) is 10.3 Å². The van der Waals surface area contributed by atoms with Gasteiger partial charge in [-0.05, 0) is 55.8 Å². The second-order valence-corrected chi connectivity index (χ2v) is 10.1. The van der Waals surface area contributed by atoms with E-state index in [1.165, 1.54) is 23.1 Å². The molecule has 1 aromatic heterocycles. The van der Waals surface area contributed by atoms with Crippen LogP contribution in [-0.2, 0) is 11.2 Å². The largest absolute Gasteiger partial charge is 0.381 e. The van der Waals surface area contributed by atoms with Crippen LogP contribution >= 0.6 is 11.6 Å². The maximum atomic E-state index is 6.68. The first kappa shape index (κ1) is 22.5. The molecule has 178 valence electrons. The molecule has 0 radical (unpaired) electrons. The summed E-state index contributed by atoms with van der Waals surface area (Å²) in [4.78, 5) is 9.02. The molecule has 0 bridgehead atoms. The summed E-state index contributed by atoms with van der Waals surface area (Å²) in [6.07, 6.45) is 4.48. The van der Waals surface area contributed by atoms with E-state index in [0.717, 1.165) is 67.1 Å². The van der Waals surface area contributed by atoms with Gasteiger partial charge >= 0.3 is 0 Å². The van der Waals surface area contributed by atoms with E-state index in [4.69, 9.17) is 21.3 Å². The van der Waals surface area contributed by atoms with Crippen LogP contribution in [-0.4, -0.2) is 30.5 Å². The number of hydrogen-bond donors (Lipinski definition) is 2. The predicted molar refractivity (Wildman–Crippen MR) is 144 cm³/mol. The van der Waals surface area contributed by atoms with Gasteiger partial charge in [0.1, 0.15) is 0 Å². The molecule has 3 aromatic carbocycles. The van der Waals surface area contributed by atoms with Crippen LogP contribution in [0.3, 0.4) is 0 Å². The summed E-state index contributed by atoms with van der Waals surface area (Å²) in [6, 6.07) is 25.1. The zero-order chi connectivity index (χ0) is 23.6. The summed E-state index contributed by atoms with van der Waals surface area (Å²) in [5.74, 6) is 0.599. The molecule has 2 N–H and O–H groups in total. The minimum atomic E-state index is 0.302. The third-order valence-corrected chi connectivity index (χ3v) is 7.47. The van der Waals surface area contributed by atoms with Gasteiger partial charge in [-0.15, -0.1) is 0 Å². The highest BCUT2D eigenvalue weighted by Crippen LogP contribution is 2.39.